The van der Waals surface area contributed by atoms with Gasteiger partial charge in [-0.25, -0.2) is 9.18 Å². The molecule has 1 saturated carbocycles. The van der Waals surface area contributed by atoms with Crippen LogP contribution in [0, 0.1) is 5.82 Å². The molecule has 1 aliphatic rings. The Labute approximate surface area is 152 Å². The van der Waals surface area contributed by atoms with Crippen LogP contribution in [0.1, 0.15) is 44.1 Å². The number of carbonyl (C=O) groups is 3. The molecular weight excluding hydrogens is 339 g/mol. The van der Waals surface area contributed by atoms with E-state index in [9.17, 15) is 18.8 Å². The fourth-order valence-corrected chi connectivity index (χ4v) is 2.81. The zero-order valence-electron chi connectivity index (χ0n) is 14.6. The Morgan fingerprint density at radius 3 is 2.31 bits per heavy atom. The molecule has 2 rings (SSSR count). The third-order valence-corrected chi connectivity index (χ3v) is 4.20. The summed E-state index contributed by atoms with van der Waals surface area (Å²) in [5.74, 6) is -1.19. The molecule has 0 saturated heterocycles. The van der Waals surface area contributed by atoms with Crippen LogP contribution in [0.5, 0.6) is 0 Å². The van der Waals surface area contributed by atoms with Crippen molar-refractivity contribution >= 4 is 17.8 Å². The summed E-state index contributed by atoms with van der Waals surface area (Å²) in [5.41, 5.74) is 5.21. The normalized spacial score (nSPS) is 14.3. The van der Waals surface area contributed by atoms with Gasteiger partial charge >= 0.3 is 6.03 Å². The molecular formula is C18H25FN4O3. The molecule has 8 heteroatoms. The molecule has 0 heterocycles. The van der Waals surface area contributed by atoms with Gasteiger partial charge in [0.2, 0.25) is 11.8 Å². The van der Waals surface area contributed by atoms with E-state index in [4.69, 9.17) is 0 Å². The SMILES string of the molecule is O=C(CCNC(=O)NC1CCCCC1)NNC(=O)Cc1ccc(F)cc1. The van der Waals surface area contributed by atoms with Crippen molar-refractivity contribution in [1.82, 2.24) is 21.5 Å². The van der Waals surface area contributed by atoms with E-state index in [-0.39, 0.29) is 37.3 Å². The number of benzene rings is 1. The van der Waals surface area contributed by atoms with E-state index in [1.807, 2.05) is 0 Å². The largest absolute Gasteiger partial charge is 0.338 e. The monoisotopic (exact) mass is 364 g/mol. The molecule has 1 aliphatic carbocycles. The van der Waals surface area contributed by atoms with E-state index >= 15 is 0 Å². The van der Waals surface area contributed by atoms with Gasteiger partial charge in [0.05, 0.1) is 6.42 Å². The Hall–Kier alpha value is -2.64. The van der Waals surface area contributed by atoms with Crippen LogP contribution in [-0.4, -0.2) is 30.4 Å². The van der Waals surface area contributed by atoms with E-state index in [2.05, 4.69) is 21.5 Å². The summed E-state index contributed by atoms with van der Waals surface area (Å²) in [6.45, 7) is 0.179. The minimum atomic E-state index is -0.409. The second kappa shape index (κ2) is 10.4. The highest BCUT2D eigenvalue weighted by molar-refractivity contribution is 5.83. The van der Waals surface area contributed by atoms with Crippen LogP contribution in [0.2, 0.25) is 0 Å². The van der Waals surface area contributed by atoms with Crippen LogP contribution in [0.3, 0.4) is 0 Å². The lowest BCUT2D eigenvalue weighted by molar-refractivity contribution is -0.128. The van der Waals surface area contributed by atoms with Crippen molar-refractivity contribution in [2.24, 2.45) is 0 Å². The van der Waals surface area contributed by atoms with E-state index < -0.39 is 11.8 Å². The summed E-state index contributed by atoms with van der Waals surface area (Å²) < 4.78 is 12.8. The van der Waals surface area contributed by atoms with Crippen molar-refractivity contribution in [3.8, 4) is 0 Å². The molecule has 0 bridgehead atoms. The van der Waals surface area contributed by atoms with Gasteiger partial charge in [-0.3, -0.25) is 20.4 Å². The summed E-state index contributed by atoms with van der Waals surface area (Å²) in [7, 11) is 0. The predicted molar refractivity (Wildman–Crippen MR) is 94.4 cm³/mol. The lowest BCUT2D eigenvalue weighted by Gasteiger charge is -2.22. The summed E-state index contributed by atoms with van der Waals surface area (Å²) in [4.78, 5) is 35.1. The summed E-state index contributed by atoms with van der Waals surface area (Å²) in [6, 6.07) is 5.49. The number of amides is 4. The van der Waals surface area contributed by atoms with Crippen molar-refractivity contribution in [2.45, 2.75) is 51.0 Å². The lowest BCUT2D eigenvalue weighted by Crippen LogP contribution is -2.45. The van der Waals surface area contributed by atoms with E-state index in [1.54, 1.807) is 0 Å². The Bertz CT molecular complexity index is 615. The molecule has 1 fully saturated rings. The predicted octanol–water partition coefficient (Wildman–Crippen LogP) is 1.54. The van der Waals surface area contributed by atoms with Crippen LogP contribution < -0.4 is 21.5 Å². The Balaban J connectivity index is 1.55. The molecule has 0 aromatic heterocycles. The first-order valence-electron chi connectivity index (χ1n) is 8.89. The third-order valence-electron chi connectivity index (χ3n) is 4.20. The van der Waals surface area contributed by atoms with Gasteiger partial charge in [0.1, 0.15) is 5.82 Å². The molecule has 142 valence electrons. The van der Waals surface area contributed by atoms with Crippen LogP contribution in [-0.2, 0) is 16.0 Å². The fourth-order valence-electron chi connectivity index (χ4n) is 2.81. The maximum absolute atomic E-state index is 12.8. The van der Waals surface area contributed by atoms with Crippen molar-refractivity contribution in [1.29, 1.82) is 0 Å². The molecule has 0 radical (unpaired) electrons. The van der Waals surface area contributed by atoms with Crippen LogP contribution in [0.25, 0.3) is 0 Å². The quantitative estimate of drug-likeness (QED) is 0.576. The molecule has 0 aliphatic heterocycles. The molecule has 26 heavy (non-hydrogen) atoms. The lowest BCUT2D eigenvalue weighted by atomic mass is 9.96. The van der Waals surface area contributed by atoms with Gasteiger partial charge in [0, 0.05) is 19.0 Å². The van der Waals surface area contributed by atoms with E-state index in [0.717, 1.165) is 25.7 Å². The number of carbonyl (C=O) groups excluding carboxylic acids is 3. The van der Waals surface area contributed by atoms with Gasteiger partial charge in [-0.05, 0) is 30.5 Å². The van der Waals surface area contributed by atoms with Gasteiger partial charge in [-0.1, -0.05) is 31.4 Å². The van der Waals surface area contributed by atoms with Gasteiger partial charge in [-0.15, -0.1) is 0 Å². The average molecular weight is 364 g/mol. The number of nitrogens with one attached hydrogen (secondary N) is 4. The topological polar surface area (TPSA) is 99.3 Å². The van der Waals surface area contributed by atoms with E-state index in [1.165, 1.54) is 30.7 Å². The van der Waals surface area contributed by atoms with E-state index in [0.29, 0.717) is 5.56 Å². The molecule has 4 N–H and O–H groups in total. The summed E-state index contributed by atoms with van der Waals surface area (Å²) in [5, 5.41) is 5.53. The number of hydrazine groups is 1. The summed E-state index contributed by atoms with van der Waals surface area (Å²) in [6.07, 6.45) is 5.54. The standard InChI is InChI=1S/C18H25FN4O3/c19-14-8-6-13(7-9-14)12-17(25)23-22-16(24)10-11-20-18(26)21-15-4-2-1-3-5-15/h6-9,15H,1-5,10-12H2,(H,22,24)(H,23,25)(H2,20,21,26). The maximum Gasteiger partial charge on any atom is 0.315 e. The second-order valence-electron chi connectivity index (χ2n) is 6.38. The highest BCUT2D eigenvalue weighted by Crippen LogP contribution is 2.17. The van der Waals surface area contributed by atoms with Gasteiger partial charge < -0.3 is 10.6 Å². The minimum Gasteiger partial charge on any atom is -0.338 e. The van der Waals surface area contributed by atoms with Crippen molar-refractivity contribution in [3.63, 3.8) is 0 Å². The van der Waals surface area contributed by atoms with Crippen LogP contribution >= 0.6 is 0 Å². The van der Waals surface area contributed by atoms with Gasteiger partial charge in [0.15, 0.2) is 0 Å². The molecule has 0 unspecified atom stereocenters. The van der Waals surface area contributed by atoms with Crippen molar-refractivity contribution < 1.29 is 18.8 Å². The fraction of sp³-hybridized carbons (Fsp3) is 0.500. The Kier molecular flexibility index (Phi) is 7.85. The number of hydrogen-bond donors (Lipinski definition) is 4. The van der Waals surface area contributed by atoms with Crippen molar-refractivity contribution in [3.05, 3.63) is 35.6 Å². The Morgan fingerprint density at radius 2 is 1.62 bits per heavy atom. The number of rotatable bonds is 6. The number of urea groups is 1. The number of hydrogen-bond acceptors (Lipinski definition) is 3. The van der Waals surface area contributed by atoms with Gasteiger partial charge in [-0.2, -0.15) is 0 Å². The first kappa shape index (κ1) is 19.7. The molecule has 7 nitrogen and oxygen atoms in total. The summed E-state index contributed by atoms with van der Waals surface area (Å²) >= 11 is 0. The first-order valence-corrected chi connectivity index (χ1v) is 8.89. The molecule has 4 amide bonds. The molecule has 1 aromatic carbocycles. The molecule has 1 aromatic rings. The minimum absolute atomic E-state index is 0.0304. The third kappa shape index (κ3) is 7.50. The number of halogens is 1. The van der Waals surface area contributed by atoms with Gasteiger partial charge in [0.25, 0.3) is 0 Å². The first-order chi connectivity index (χ1) is 12.5. The second-order valence-corrected chi connectivity index (χ2v) is 6.38. The van der Waals surface area contributed by atoms with Crippen LogP contribution in [0.4, 0.5) is 9.18 Å². The highest BCUT2D eigenvalue weighted by Gasteiger charge is 2.15. The maximum atomic E-state index is 12.8. The average Bonchev–Trinajstić information content (AvgIpc) is 2.63. The zero-order valence-corrected chi connectivity index (χ0v) is 14.6. The molecule has 0 atom stereocenters. The molecule has 0 spiro atoms. The highest BCUT2D eigenvalue weighted by atomic mass is 19.1. The Morgan fingerprint density at radius 1 is 0.962 bits per heavy atom. The smallest absolute Gasteiger partial charge is 0.315 e. The zero-order chi connectivity index (χ0) is 18.8. The van der Waals surface area contributed by atoms with Crippen LogP contribution in [0.15, 0.2) is 24.3 Å². The van der Waals surface area contributed by atoms with Crippen molar-refractivity contribution in [2.75, 3.05) is 6.54 Å².